The molecule has 0 spiro atoms. The SMILES string of the molecule is CC(C(=O)[O-])C(C)C(=O)[O-].[Na+].[Na+]. The zero-order valence-corrected chi connectivity index (χ0v) is 11.8. The molecule has 0 N–H and O–H groups in total. The van der Waals surface area contributed by atoms with Gasteiger partial charge in [0.2, 0.25) is 0 Å². The number of aliphatic carboxylic acids is 2. The summed E-state index contributed by atoms with van der Waals surface area (Å²) in [6.07, 6.45) is 0. The Morgan fingerprint density at radius 3 is 1.17 bits per heavy atom. The fourth-order valence-electron chi connectivity index (χ4n) is 0.408. The van der Waals surface area contributed by atoms with E-state index < -0.39 is 23.8 Å². The van der Waals surface area contributed by atoms with Crippen molar-refractivity contribution in [1.29, 1.82) is 0 Å². The number of hydrogen-bond acceptors (Lipinski definition) is 4. The van der Waals surface area contributed by atoms with Gasteiger partial charge in [-0.25, -0.2) is 0 Å². The molecular formula is C6H8Na2O4. The molecule has 2 unspecified atom stereocenters. The number of carboxylic acid groups (broad SMARTS) is 2. The minimum Gasteiger partial charge on any atom is -0.550 e. The number of rotatable bonds is 3. The summed E-state index contributed by atoms with van der Waals surface area (Å²) in [4.78, 5) is 20.1. The van der Waals surface area contributed by atoms with Gasteiger partial charge in [-0.1, -0.05) is 13.8 Å². The Labute approximate surface area is 115 Å². The number of carbonyl (C=O) groups excluding carboxylic acids is 2. The third kappa shape index (κ3) is 6.46. The maximum atomic E-state index is 10.0. The zero-order valence-electron chi connectivity index (χ0n) is 7.79. The molecule has 0 aromatic heterocycles. The number of hydrogen-bond donors (Lipinski definition) is 0. The topological polar surface area (TPSA) is 80.3 Å². The molecule has 0 fully saturated rings. The summed E-state index contributed by atoms with van der Waals surface area (Å²) in [5.74, 6) is -4.72. The molecule has 58 valence electrons. The molecule has 0 radical (unpaired) electrons. The average molecular weight is 190 g/mol. The molecule has 0 aliphatic rings. The first kappa shape index (κ1) is 18.7. The molecule has 0 aliphatic carbocycles. The fourth-order valence-corrected chi connectivity index (χ4v) is 0.408. The molecule has 0 saturated carbocycles. The van der Waals surface area contributed by atoms with Crippen LogP contribution in [0.5, 0.6) is 0 Å². The van der Waals surface area contributed by atoms with E-state index in [0.717, 1.165) is 0 Å². The summed E-state index contributed by atoms with van der Waals surface area (Å²) in [7, 11) is 0. The van der Waals surface area contributed by atoms with Gasteiger partial charge in [0, 0.05) is 23.8 Å². The molecular weight excluding hydrogens is 182 g/mol. The molecule has 0 amide bonds. The second-order valence-corrected chi connectivity index (χ2v) is 2.22. The summed E-state index contributed by atoms with van der Waals surface area (Å²) < 4.78 is 0. The van der Waals surface area contributed by atoms with Gasteiger partial charge < -0.3 is 19.8 Å². The van der Waals surface area contributed by atoms with Crippen LogP contribution in [0.1, 0.15) is 13.8 Å². The van der Waals surface area contributed by atoms with Crippen LogP contribution in [-0.4, -0.2) is 11.9 Å². The maximum Gasteiger partial charge on any atom is 1.00 e. The molecule has 12 heavy (non-hydrogen) atoms. The predicted octanol–water partition coefficient (Wildman–Crippen LogP) is -8.23. The van der Waals surface area contributed by atoms with Gasteiger partial charge in [-0.3, -0.25) is 0 Å². The first-order valence-electron chi connectivity index (χ1n) is 2.88. The van der Waals surface area contributed by atoms with Crippen LogP contribution in [0.4, 0.5) is 0 Å². The summed E-state index contributed by atoms with van der Waals surface area (Å²) in [5, 5.41) is 20.1. The summed E-state index contributed by atoms with van der Waals surface area (Å²) >= 11 is 0. The molecule has 6 heteroatoms. The molecule has 0 aliphatic heterocycles. The van der Waals surface area contributed by atoms with Gasteiger partial charge in [0.25, 0.3) is 0 Å². The van der Waals surface area contributed by atoms with Crippen molar-refractivity contribution < 1.29 is 78.9 Å². The maximum absolute atomic E-state index is 10.0. The van der Waals surface area contributed by atoms with Crippen molar-refractivity contribution in [3.05, 3.63) is 0 Å². The van der Waals surface area contributed by atoms with Gasteiger partial charge in [0.05, 0.1) is 0 Å². The van der Waals surface area contributed by atoms with Crippen LogP contribution >= 0.6 is 0 Å². The van der Waals surface area contributed by atoms with Crippen LogP contribution in [0.25, 0.3) is 0 Å². The Morgan fingerprint density at radius 2 is 1.08 bits per heavy atom. The molecule has 4 nitrogen and oxygen atoms in total. The predicted molar refractivity (Wildman–Crippen MR) is 28.3 cm³/mol. The normalized spacial score (nSPS) is 13.2. The van der Waals surface area contributed by atoms with Crippen molar-refractivity contribution in [2.75, 3.05) is 0 Å². The zero-order chi connectivity index (χ0) is 8.31. The van der Waals surface area contributed by atoms with E-state index in [0.29, 0.717) is 0 Å². The van der Waals surface area contributed by atoms with E-state index >= 15 is 0 Å². The van der Waals surface area contributed by atoms with Crippen LogP contribution in [0.2, 0.25) is 0 Å². The van der Waals surface area contributed by atoms with E-state index in [1.807, 2.05) is 0 Å². The van der Waals surface area contributed by atoms with Gasteiger partial charge in [-0.2, -0.15) is 0 Å². The Kier molecular flexibility index (Phi) is 13.3. The second-order valence-electron chi connectivity index (χ2n) is 2.22. The molecule has 0 bridgehead atoms. The number of carbonyl (C=O) groups is 2. The Balaban J connectivity index is -0.000000405. The van der Waals surface area contributed by atoms with Gasteiger partial charge in [0.1, 0.15) is 0 Å². The Hall–Kier alpha value is 0.940. The quantitative estimate of drug-likeness (QED) is 0.414. The molecule has 0 saturated heterocycles. The van der Waals surface area contributed by atoms with E-state index in [4.69, 9.17) is 0 Å². The van der Waals surface area contributed by atoms with Crippen LogP contribution < -0.4 is 69.3 Å². The molecule has 0 aromatic carbocycles. The summed E-state index contributed by atoms with van der Waals surface area (Å²) in [6, 6.07) is 0. The van der Waals surface area contributed by atoms with Crippen molar-refractivity contribution in [2.24, 2.45) is 11.8 Å². The Morgan fingerprint density at radius 1 is 0.917 bits per heavy atom. The van der Waals surface area contributed by atoms with E-state index in [2.05, 4.69) is 0 Å². The summed E-state index contributed by atoms with van der Waals surface area (Å²) in [6.45, 7) is 2.55. The van der Waals surface area contributed by atoms with Crippen LogP contribution in [0, 0.1) is 11.8 Å². The minimum absolute atomic E-state index is 0. The van der Waals surface area contributed by atoms with Crippen LogP contribution in [0.3, 0.4) is 0 Å². The molecule has 2 atom stereocenters. The minimum atomic E-state index is -1.36. The third-order valence-corrected chi connectivity index (χ3v) is 1.49. The van der Waals surface area contributed by atoms with E-state index in [9.17, 15) is 19.8 Å². The smallest absolute Gasteiger partial charge is 0.550 e. The van der Waals surface area contributed by atoms with Gasteiger partial charge in [-0.15, -0.1) is 0 Å². The monoisotopic (exact) mass is 190 g/mol. The van der Waals surface area contributed by atoms with Gasteiger partial charge >= 0.3 is 59.1 Å². The van der Waals surface area contributed by atoms with Gasteiger partial charge in [0.15, 0.2) is 0 Å². The van der Waals surface area contributed by atoms with Crippen LogP contribution in [0.15, 0.2) is 0 Å². The Bertz CT molecular complexity index is 142. The molecule has 0 rings (SSSR count). The first-order chi connectivity index (χ1) is 4.46. The van der Waals surface area contributed by atoms with Crippen molar-refractivity contribution >= 4 is 11.9 Å². The van der Waals surface area contributed by atoms with Crippen molar-refractivity contribution in [3.63, 3.8) is 0 Å². The van der Waals surface area contributed by atoms with Crippen molar-refractivity contribution in [3.8, 4) is 0 Å². The number of carboxylic acids is 2. The fraction of sp³-hybridized carbons (Fsp3) is 0.667. The average Bonchev–Trinajstić information content (AvgIpc) is 1.84. The van der Waals surface area contributed by atoms with Crippen molar-refractivity contribution in [1.82, 2.24) is 0 Å². The van der Waals surface area contributed by atoms with E-state index in [1.165, 1.54) is 13.8 Å². The molecule has 0 heterocycles. The largest absolute Gasteiger partial charge is 1.00 e. The van der Waals surface area contributed by atoms with Crippen molar-refractivity contribution in [2.45, 2.75) is 13.8 Å². The third-order valence-electron chi connectivity index (χ3n) is 1.49. The van der Waals surface area contributed by atoms with Gasteiger partial charge in [-0.05, 0) is 0 Å². The first-order valence-corrected chi connectivity index (χ1v) is 2.88. The van der Waals surface area contributed by atoms with Crippen LogP contribution in [-0.2, 0) is 9.59 Å². The second kappa shape index (κ2) is 8.53. The standard InChI is InChI=1S/C6H10O4.2Na/c1-3(5(7)8)4(2)6(9)10;;/h3-4H,1-2H3,(H,7,8)(H,9,10);;/q;2*+1/p-2. The van der Waals surface area contributed by atoms with E-state index in [-0.39, 0.29) is 59.1 Å². The molecule has 0 aromatic rings. The summed E-state index contributed by atoms with van der Waals surface area (Å²) in [5.41, 5.74) is 0. The van der Waals surface area contributed by atoms with E-state index in [1.54, 1.807) is 0 Å².